The molecule has 5 rings (SSSR count). The van der Waals surface area contributed by atoms with Crippen LogP contribution >= 0.6 is 0 Å². The highest BCUT2D eigenvalue weighted by atomic mass is 16.4. The number of hydrogen-bond acceptors (Lipinski definition) is 5. The van der Waals surface area contributed by atoms with E-state index in [2.05, 4.69) is 39.1 Å². The van der Waals surface area contributed by atoms with Gasteiger partial charge in [-0.15, -0.1) is 0 Å². The lowest BCUT2D eigenvalue weighted by atomic mass is 9.95. The highest BCUT2D eigenvalue weighted by Crippen LogP contribution is 2.27. The lowest BCUT2D eigenvalue weighted by Gasteiger charge is -2.15. The number of aromatic nitrogens is 4. The quantitative estimate of drug-likeness (QED) is 0.112. The predicted molar refractivity (Wildman–Crippen MR) is 189 cm³/mol. The summed E-state index contributed by atoms with van der Waals surface area (Å²) in [7, 11) is 1.66. The molecule has 1 aliphatic rings. The standard InChI is InChI=1S/C38H47N5O6/c1-8-22-21(6)36-35(38(49)32(17-44)39-7)37-23(9-2)18(3)28(42-37)14-26-19(4)24(10-12-33(45)46)30(40-26)16-31-25(11-13-34(47)48)20(5)27(41-31)15-29(22)43-36/h14-16,32,39-44H,8-13,17H2,1-7H3,(H,45,46)(H,47,48)/t32-/m0/s1. The highest BCUT2D eigenvalue weighted by Gasteiger charge is 2.28. The van der Waals surface area contributed by atoms with Gasteiger partial charge in [-0.1, -0.05) is 13.8 Å². The smallest absolute Gasteiger partial charge is 0.303 e. The van der Waals surface area contributed by atoms with Gasteiger partial charge in [0.25, 0.3) is 0 Å². The lowest BCUT2D eigenvalue weighted by Crippen LogP contribution is -2.40. The Morgan fingerprint density at radius 2 is 1.22 bits per heavy atom. The van der Waals surface area contributed by atoms with Crippen LogP contribution in [0.5, 0.6) is 0 Å². The zero-order valence-corrected chi connectivity index (χ0v) is 29.3. The molecule has 11 nitrogen and oxygen atoms in total. The molecule has 49 heavy (non-hydrogen) atoms. The molecule has 0 amide bonds. The van der Waals surface area contributed by atoms with Gasteiger partial charge in [0.1, 0.15) is 0 Å². The van der Waals surface area contributed by atoms with Crippen LogP contribution in [0.4, 0.5) is 0 Å². The van der Waals surface area contributed by atoms with Crippen LogP contribution in [-0.2, 0) is 40.1 Å². The van der Waals surface area contributed by atoms with Gasteiger partial charge in [0.15, 0.2) is 5.78 Å². The van der Waals surface area contributed by atoms with Gasteiger partial charge < -0.3 is 40.6 Å². The number of carbonyl (C=O) groups is 3. The number of fused-ring (bicyclic) bond motifs is 8. The number of rotatable bonds is 12. The number of aromatic amines is 4. The maximum Gasteiger partial charge on any atom is 0.303 e. The zero-order valence-electron chi connectivity index (χ0n) is 29.3. The zero-order chi connectivity index (χ0) is 35.7. The largest absolute Gasteiger partial charge is 0.481 e. The van der Waals surface area contributed by atoms with E-state index in [1.807, 2.05) is 45.9 Å². The van der Waals surface area contributed by atoms with E-state index in [1.54, 1.807) is 7.05 Å². The van der Waals surface area contributed by atoms with Crippen molar-refractivity contribution in [2.75, 3.05) is 13.7 Å². The molecule has 0 spiro atoms. The van der Waals surface area contributed by atoms with Crippen molar-refractivity contribution in [3.05, 3.63) is 88.7 Å². The maximum absolute atomic E-state index is 14.4. The minimum absolute atomic E-state index is 0.0501. The Balaban J connectivity index is 2.00. The molecule has 4 aromatic heterocycles. The van der Waals surface area contributed by atoms with Gasteiger partial charge in [0.2, 0.25) is 0 Å². The van der Waals surface area contributed by atoms with Crippen molar-refractivity contribution in [3.8, 4) is 0 Å². The first-order valence-corrected chi connectivity index (χ1v) is 16.9. The summed E-state index contributed by atoms with van der Waals surface area (Å²) in [6, 6.07) is -0.827. The number of aliphatic hydroxyl groups is 1. The fourth-order valence-electron chi connectivity index (χ4n) is 7.22. The van der Waals surface area contributed by atoms with E-state index in [-0.39, 0.29) is 25.2 Å². The Morgan fingerprint density at radius 1 is 0.673 bits per heavy atom. The SMILES string of the molecule is CCc1c2[nH]c(c1C)C(C(=O)[C@H](CO)NC)=c1[nH]c(c(C)c1CC)=Cc1[nH]c(c(CCC(=O)O)c1C)C=c1[nH]c(c(C)c1CCC(=O)O)=C2. The number of aliphatic carboxylic acids is 2. The second-order valence-electron chi connectivity index (χ2n) is 12.8. The summed E-state index contributed by atoms with van der Waals surface area (Å²) in [5.74, 6) is -2.04. The first-order chi connectivity index (χ1) is 23.3. The number of Topliss-reactive ketones (excluding diaryl/α,β-unsaturated/α-hetero) is 1. The summed E-state index contributed by atoms with van der Waals surface area (Å²) in [4.78, 5) is 52.0. The Kier molecular flexibility index (Phi) is 10.4. The van der Waals surface area contributed by atoms with E-state index in [0.29, 0.717) is 42.3 Å². The average Bonchev–Trinajstić information content (AvgIpc) is 3.72. The summed E-state index contributed by atoms with van der Waals surface area (Å²) in [5.41, 5.74) is 11.0. The fraction of sp³-hybridized carbons (Fsp3) is 0.395. The van der Waals surface area contributed by atoms with E-state index in [9.17, 15) is 29.7 Å². The van der Waals surface area contributed by atoms with Crippen LogP contribution in [0, 0.1) is 27.7 Å². The Morgan fingerprint density at radius 3 is 1.82 bits per heavy atom. The van der Waals surface area contributed by atoms with E-state index in [0.717, 1.165) is 77.6 Å². The Bertz CT molecular complexity index is 2200. The maximum atomic E-state index is 14.4. The topological polar surface area (TPSA) is 187 Å². The van der Waals surface area contributed by atoms with Crippen LogP contribution in [0.25, 0.3) is 23.8 Å². The van der Waals surface area contributed by atoms with Crippen molar-refractivity contribution >= 4 is 41.5 Å². The number of ketones is 1. The molecule has 5 heterocycles. The van der Waals surface area contributed by atoms with Crippen molar-refractivity contribution in [1.29, 1.82) is 0 Å². The molecule has 260 valence electrons. The summed E-state index contributed by atoms with van der Waals surface area (Å²) in [6.07, 6.45) is 7.83. The fourth-order valence-corrected chi connectivity index (χ4v) is 7.22. The first-order valence-electron chi connectivity index (χ1n) is 16.9. The highest BCUT2D eigenvalue weighted by molar-refractivity contribution is 6.22. The predicted octanol–water partition coefficient (Wildman–Crippen LogP) is 1.54. The number of aliphatic hydroxyl groups excluding tert-OH is 1. The summed E-state index contributed by atoms with van der Waals surface area (Å²) in [6.45, 7) is 11.7. The van der Waals surface area contributed by atoms with Crippen molar-refractivity contribution in [2.24, 2.45) is 0 Å². The van der Waals surface area contributed by atoms with Crippen LogP contribution in [0.1, 0.15) is 94.0 Å². The molecule has 0 saturated heterocycles. The van der Waals surface area contributed by atoms with Crippen LogP contribution in [0.15, 0.2) is 0 Å². The van der Waals surface area contributed by atoms with Gasteiger partial charge >= 0.3 is 11.9 Å². The molecule has 0 unspecified atom stereocenters. The molecule has 8 bridgehead atoms. The lowest BCUT2D eigenvalue weighted by molar-refractivity contribution is -0.138. The Hall–Kier alpha value is -4.87. The first kappa shape index (κ1) is 35.4. The average molecular weight is 670 g/mol. The number of carboxylic acid groups (broad SMARTS) is 2. The third-order valence-electron chi connectivity index (χ3n) is 10.1. The second-order valence-corrected chi connectivity index (χ2v) is 12.8. The van der Waals surface area contributed by atoms with E-state index in [4.69, 9.17) is 0 Å². The molecular formula is C38H47N5O6. The summed E-state index contributed by atoms with van der Waals surface area (Å²) >= 11 is 0. The van der Waals surface area contributed by atoms with Crippen LogP contribution < -0.4 is 26.7 Å². The van der Waals surface area contributed by atoms with Gasteiger partial charge in [0, 0.05) is 46.0 Å². The van der Waals surface area contributed by atoms with Gasteiger partial charge in [-0.05, 0) is 123 Å². The van der Waals surface area contributed by atoms with Crippen LogP contribution in [0.3, 0.4) is 0 Å². The van der Waals surface area contributed by atoms with Crippen LogP contribution in [-0.4, -0.2) is 72.7 Å². The molecule has 1 atom stereocenters. The van der Waals surface area contributed by atoms with Gasteiger partial charge in [-0.25, -0.2) is 0 Å². The third-order valence-corrected chi connectivity index (χ3v) is 10.1. The molecule has 0 fully saturated rings. The van der Waals surface area contributed by atoms with Gasteiger partial charge in [-0.2, -0.15) is 0 Å². The van der Waals surface area contributed by atoms with Gasteiger partial charge in [0.05, 0.1) is 29.3 Å². The number of likely N-dealkylation sites (N-methyl/N-ethyl adjacent to an activating group) is 1. The van der Waals surface area contributed by atoms with Crippen molar-refractivity contribution in [3.63, 3.8) is 0 Å². The molecule has 0 radical (unpaired) electrons. The molecule has 1 aliphatic heterocycles. The summed E-state index contributed by atoms with van der Waals surface area (Å²) < 4.78 is 0. The number of hydrogen-bond donors (Lipinski definition) is 8. The normalized spacial score (nSPS) is 13.1. The molecule has 0 aliphatic carbocycles. The van der Waals surface area contributed by atoms with Crippen molar-refractivity contribution < 1.29 is 29.7 Å². The van der Waals surface area contributed by atoms with Crippen molar-refractivity contribution in [2.45, 2.75) is 86.1 Å². The monoisotopic (exact) mass is 669 g/mol. The number of H-pyrrole nitrogens is 4. The molecular weight excluding hydrogens is 622 g/mol. The Labute approximate surface area is 284 Å². The number of nitrogens with one attached hydrogen (secondary N) is 5. The minimum Gasteiger partial charge on any atom is -0.481 e. The van der Waals surface area contributed by atoms with Gasteiger partial charge in [-0.3, -0.25) is 14.4 Å². The van der Waals surface area contributed by atoms with E-state index in [1.165, 1.54) is 0 Å². The number of carboxylic acids is 2. The molecule has 0 aromatic carbocycles. The molecule has 8 N–H and O–H groups in total. The van der Waals surface area contributed by atoms with Crippen molar-refractivity contribution in [1.82, 2.24) is 25.3 Å². The molecule has 0 saturated carbocycles. The third kappa shape index (κ3) is 6.60. The molecule has 4 aromatic rings. The van der Waals surface area contributed by atoms with E-state index >= 15 is 0 Å². The number of carbonyl (C=O) groups excluding carboxylic acids is 1. The second kappa shape index (κ2) is 14.3. The van der Waals surface area contributed by atoms with Crippen LogP contribution in [0.2, 0.25) is 0 Å². The van der Waals surface area contributed by atoms with E-state index < -0.39 is 18.0 Å². The molecule has 11 heteroatoms. The summed E-state index contributed by atoms with van der Waals surface area (Å²) in [5, 5.41) is 35.4. The minimum atomic E-state index is -0.898.